The summed E-state index contributed by atoms with van der Waals surface area (Å²) in [4.78, 5) is 10.9. The van der Waals surface area contributed by atoms with Crippen molar-refractivity contribution in [1.29, 1.82) is 0 Å². The number of aromatic nitrogens is 2. The Bertz CT molecular complexity index is 339. The Hall–Kier alpha value is -0.810. The van der Waals surface area contributed by atoms with Gasteiger partial charge in [-0.25, -0.2) is 9.97 Å². The van der Waals surface area contributed by atoms with Gasteiger partial charge in [-0.15, -0.1) is 11.8 Å². The fourth-order valence-corrected chi connectivity index (χ4v) is 2.45. The molecule has 1 aliphatic rings. The molecule has 17 heavy (non-hydrogen) atoms. The Balaban J connectivity index is 1.73. The number of likely N-dealkylation sites (tertiary alicyclic amines) is 1. The van der Waals surface area contributed by atoms with Crippen molar-refractivity contribution in [3.63, 3.8) is 0 Å². The van der Waals surface area contributed by atoms with Crippen molar-refractivity contribution < 1.29 is 0 Å². The van der Waals surface area contributed by atoms with Crippen molar-refractivity contribution in [2.45, 2.75) is 24.3 Å². The van der Waals surface area contributed by atoms with E-state index in [0.29, 0.717) is 0 Å². The van der Waals surface area contributed by atoms with Gasteiger partial charge >= 0.3 is 0 Å². The van der Waals surface area contributed by atoms with Gasteiger partial charge in [0, 0.05) is 19.2 Å². The van der Waals surface area contributed by atoms with Gasteiger partial charge in [0.2, 0.25) is 0 Å². The maximum absolute atomic E-state index is 4.22. The molecule has 0 unspecified atom stereocenters. The van der Waals surface area contributed by atoms with Gasteiger partial charge in [-0.3, -0.25) is 0 Å². The molecule has 4 nitrogen and oxygen atoms in total. The first-order valence-electron chi connectivity index (χ1n) is 6.21. The van der Waals surface area contributed by atoms with Gasteiger partial charge < -0.3 is 10.2 Å². The zero-order valence-corrected chi connectivity index (χ0v) is 11.2. The maximum atomic E-state index is 4.22. The Morgan fingerprint density at radius 1 is 1.29 bits per heavy atom. The van der Waals surface area contributed by atoms with E-state index >= 15 is 0 Å². The number of nitrogens with one attached hydrogen (secondary N) is 1. The van der Waals surface area contributed by atoms with Crippen LogP contribution >= 0.6 is 11.8 Å². The maximum Gasteiger partial charge on any atom is 0.130 e. The molecule has 0 radical (unpaired) electrons. The molecule has 1 N–H and O–H groups in total. The average molecular weight is 252 g/mol. The third-order valence-electron chi connectivity index (χ3n) is 3.03. The van der Waals surface area contributed by atoms with Crippen LogP contribution in [0.5, 0.6) is 0 Å². The van der Waals surface area contributed by atoms with Crippen LogP contribution in [0.25, 0.3) is 0 Å². The van der Waals surface area contributed by atoms with Crippen LogP contribution in [0.1, 0.15) is 19.3 Å². The predicted molar refractivity (Wildman–Crippen MR) is 72.6 cm³/mol. The third kappa shape index (κ3) is 4.16. The fourth-order valence-electron chi connectivity index (χ4n) is 2.07. The summed E-state index contributed by atoms with van der Waals surface area (Å²) in [7, 11) is 0. The van der Waals surface area contributed by atoms with Crippen LogP contribution in [0.3, 0.4) is 0 Å². The number of thioether (sulfide) groups is 1. The van der Waals surface area contributed by atoms with Gasteiger partial charge in [-0.1, -0.05) is 6.42 Å². The van der Waals surface area contributed by atoms with Crippen LogP contribution in [-0.4, -0.2) is 47.3 Å². The topological polar surface area (TPSA) is 41.0 Å². The van der Waals surface area contributed by atoms with E-state index in [9.17, 15) is 0 Å². The quantitative estimate of drug-likeness (QED) is 0.642. The van der Waals surface area contributed by atoms with Gasteiger partial charge in [-0.05, 0) is 32.2 Å². The molecule has 5 heteroatoms. The summed E-state index contributed by atoms with van der Waals surface area (Å²) in [5.74, 6) is 0.932. The molecule has 0 aliphatic carbocycles. The highest BCUT2D eigenvalue weighted by atomic mass is 32.2. The molecule has 94 valence electrons. The minimum absolute atomic E-state index is 0.932. The highest BCUT2D eigenvalue weighted by molar-refractivity contribution is 7.98. The number of rotatable bonds is 5. The second-order valence-corrected chi connectivity index (χ2v) is 5.10. The van der Waals surface area contributed by atoms with Crippen molar-refractivity contribution >= 4 is 17.6 Å². The van der Waals surface area contributed by atoms with Gasteiger partial charge in [-0.2, -0.15) is 0 Å². The molecular formula is C12H20N4S. The van der Waals surface area contributed by atoms with E-state index in [1.54, 1.807) is 18.1 Å². The number of piperidine rings is 1. The summed E-state index contributed by atoms with van der Waals surface area (Å²) in [5, 5.41) is 4.37. The molecule has 0 amide bonds. The van der Waals surface area contributed by atoms with E-state index in [-0.39, 0.29) is 0 Å². The fraction of sp³-hybridized carbons (Fsp3) is 0.667. The molecule has 0 bridgehead atoms. The van der Waals surface area contributed by atoms with Crippen LogP contribution < -0.4 is 5.32 Å². The smallest absolute Gasteiger partial charge is 0.130 e. The van der Waals surface area contributed by atoms with Crippen molar-refractivity contribution in [3.05, 3.63) is 12.4 Å². The first-order valence-corrected chi connectivity index (χ1v) is 7.43. The van der Waals surface area contributed by atoms with E-state index in [2.05, 4.69) is 20.2 Å². The van der Waals surface area contributed by atoms with Crippen molar-refractivity contribution in [3.8, 4) is 0 Å². The van der Waals surface area contributed by atoms with Crippen LogP contribution in [0.2, 0.25) is 0 Å². The zero-order chi connectivity index (χ0) is 11.9. The van der Waals surface area contributed by atoms with Crippen LogP contribution in [0.15, 0.2) is 17.4 Å². The van der Waals surface area contributed by atoms with Crippen molar-refractivity contribution in [2.24, 2.45) is 0 Å². The highest BCUT2D eigenvalue weighted by Crippen LogP contribution is 2.13. The molecule has 1 saturated heterocycles. The first kappa shape index (κ1) is 12.6. The molecule has 1 aromatic rings. The number of hydrogen-bond acceptors (Lipinski definition) is 5. The monoisotopic (exact) mass is 252 g/mol. The molecule has 1 aliphatic heterocycles. The lowest BCUT2D eigenvalue weighted by Crippen LogP contribution is -2.33. The van der Waals surface area contributed by atoms with Crippen molar-refractivity contribution in [2.75, 3.05) is 37.8 Å². The molecule has 0 aromatic carbocycles. The second-order valence-electron chi connectivity index (χ2n) is 4.27. The molecule has 2 heterocycles. The Kier molecular flexibility index (Phi) is 5.07. The van der Waals surface area contributed by atoms with E-state index in [4.69, 9.17) is 0 Å². The zero-order valence-electron chi connectivity index (χ0n) is 10.4. The number of anilines is 1. The van der Waals surface area contributed by atoms with Gasteiger partial charge in [0.05, 0.1) is 0 Å². The normalized spacial score (nSPS) is 17.0. The van der Waals surface area contributed by atoms with E-state index in [1.165, 1.54) is 32.4 Å². The van der Waals surface area contributed by atoms with E-state index < -0.39 is 0 Å². The summed E-state index contributed by atoms with van der Waals surface area (Å²) in [5.41, 5.74) is 0. The van der Waals surface area contributed by atoms with Gasteiger partial charge in [0.1, 0.15) is 17.2 Å². The standard InChI is InChI=1S/C12H20N4S/c1-17-12-9-11(14-10-15-12)13-5-8-16-6-3-2-4-7-16/h9-10H,2-8H2,1H3,(H,13,14,15). The third-order valence-corrected chi connectivity index (χ3v) is 3.68. The molecular weight excluding hydrogens is 232 g/mol. The molecule has 1 aromatic heterocycles. The largest absolute Gasteiger partial charge is 0.369 e. The molecule has 2 rings (SSSR count). The summed E-state index contributed by atoms with van der Waals surface area (Å²) < 4.78 is 0. The highest BCUT2D eigenvalue weighted by Gasteiger charge is 2.08. The summed E-state index contributed by atoms with van der Waals surface area (Å²) >= 11 is 1.64. The average Bonchev–Trinajstić information content (AvgIpc) is 2.40. The minimum atomic E-state index is 0.932. The van der Waals surface area contributed by atoms with Crippen LogP contribution in [0, 0.1) is 0 Å². The first-order chi connectivity index (χ1) is 8.38. The van der Waals surface area contributed by atoms with Gasteiger partial charge in [0.15, 0.2) is 0 Å². The number of nitrogens with zero attached hydrogens (tertiary/aromatic N) is 3. The lowest BCUT2D eigenvalue weighted by molar-refractivity contribution is 0.237. The second kappa shape index (κ2) is 6.81. The molecule has 0 spiro atoms. The Labute approximate surface area is 107 Å². The molecule has 0 saturated carbocycles. The van der Waals surface area contributed by atoms with Gasteiger partial charge in [0.25, 0.3) is 0 Å². The number of hydrogen-bond donors (Lipinski definition) is 1. The predicted octanol–water partition coefficient (Wildman–Crippen LogP) is 2.10. The SMILES string of the molecule is CSc1cc(NCCN2CCCCC2)ncn1. The Morgan fingerprint density at radius 3 is 2.88 bits per heavy atom. The van der Waals surface area contributed by atoms with Crippen LogP contribution in [-0.2, 0) is 0 Å². The lowest BCUT2D eigenvalue weighted by atomic mass is 10.1. The minimum Gasteiger partial charge on any atom is -0.369 e. The van der Waals surface area contributed by atoms with Crippen molar-refractivity contribution in [1.82, 2.24) is 14.9 Å². The summed E-state index contributed by atoms with van der Waals surface area (Å²) in [6.45, 7) is 4.58. The van der Waals surface area contributed by atoms with E-state index in [0.717, 1.165) is 23.9 Å². The lowest BCUT2D eigenvalue weighted by Gasteiger charge is -2.26. The molecule has 0 atom stereocenters. The van der Waals surface area contributed by atoms with E-state index in [1.807, 2.05) is 12.3 Å². The summed E-state index contributed by atoms with van der Waals surface area (Å²) in [6, 6.07) is 2.00. The van der Waals surface area contributed by atoms with Crippen LogP contribution in [0.4, 0.5) is 5.82 Å². The Morgan fingerprint density at radius 2 is 2.12 bits per heavy atom. The molecule has 1 fully saturated rings. The summed E-state index contributed by atoms with van der Waals surface area (Å²) in [6.07, 6.45) is 7.75.